The van der Waals surface area contributed by atoms with Crippen molar-refractivity contribution in [3.05, 3.63) is 64.7 Å². The summed E-state index contributed by atoms with van der Waals surface area (Å²) in [5.74, 6) is -0.341. The lowest BCUT2D eigenvalue weighted by molar-refractivity contribution is -0.137. The van der Waals surface area contributed by atoms with Gasteiger partial charge in [-0.25, -0.2) is 0 Å². The summed E-state index contributed by atoms with van der Waals surface area (Å²) in [4.78, 5) is 12.0. The molecule has 22 heavy (non-hydrogen) atoms. The van der Waals surface area contributed by atoms with Crippen LogP contribution in [0.4, 0.5) is 18.9 Å². The Hall–Kier alpha value is -2.30. The number of rotatable bonds is 3. The van der Waals surface area contributed by atoms with Gasteiger partial charge in [-0.05, 0) is 43.2 Å². The van der Waals surface area contributed by atoms with Crippen LogP contribution in [0.1, 0.15) is 22.3 Å². The Morgan fingerprint density at radius 2 is 1.82 bits per heavy atom. The van der Waals surface area contributed by atoms with E-state index in [9.17, 15) is 18.0 Å². The van der Waals surface area contributed by atoms with Crippen LogP contribution >= 0.6 is 0 Å². The van der Waals surface area contributed by atoms with Gasteiger partial charge in [0.25, 0.3) is 0 Å². The third-order valence-corrected chi connectivity index (χ3v) is 3.32. The maximum atomic E-state index is 12.6. The molecule has 2 nitrogen and oxygen atoms in total. The van der Waals surface area contributed by atoms with Crippen molar-refractivity contribution in [3.63, 3.8) is 0 Å². The number of hydrogen-bond acceptors (Lipinski definition) is 1. The van der Waals surface area contributed by atoms with E-state index in [0.717, 1.165) is 28.8 Å². The Kier molecular flexibility index (Phi) is 4.54. The molecule has 0 radical (unpaired) electrons. The average molecular weight is 307 g/mol. The quantitative estimate of drug-likeness (QED) is 0.888. The van der Waals surface area contributed by atoms with Crippen LogP contribution in [0.3, 0.4) is 0 Å². The first-order valence-electron chi connectivity index (χ1n) is 6.79. The van der Waals surface area contributed by atoms with Gasteiger partial charge in [-0.15, -0.1) is 0 Å². The number of carbonyl (C=O) groups is 1. The van der Waals surface area contributed by atoms with Crippen molar-refractivity contribution in [2.45, 2.75) is 26.4 Å². The lowest BCUT2D eigenvalue weighted by Gasteiger charge is -2.11. The number of nitrogens with one attached hydrogen (secondary N) is 1. The highest BCUT2D eigenvalue weighted by molar-refractivity contribution is 5.92. The second-order valence-corrected chi connectivity index (χ2v) is 5.23. The molecule has 0 aromatic heterocycles. The molecular weight excluding hydrogens is 291 g/mol. The standard InChI is InChI=1S/C17H16F3NO/c1-11-6-7-13(12(2)8-11)9-16(22)21-15-5-3-4-14(10-15)17(18,19)20/h3-8,10H,9H2,1-2H3,(H,21,22). The third kappa shape index (κ3) is 4.10. The van der Waals surface area contributed by atoms with Crippen molar-refractivity contribution in [2.24, 2.45) is 0 Å². The molecule has 0 heterocycles. The number of alkyl halides is 3. The predicted octanol–water partition coefficient (Wildman–Crippen LogP) is 4.50. The minimum atomic E-state index is -4.42. The minimum absolute atomic E-state index is 0.127. The molecule has 0 unspecified atom stereocenters. The molecule has 0 aliphatic carbocycles. The van der Waals surface area contributed by atoms with E-state index in [1.165, 1.54) is 12.1 Å². The molecule has 2 rings (SSSR count). The third-order valence-electron chi connectivity index (χ3n) is 3.32. The van der Waals surface area contributed by atoms with Gasteiger partial charge >= 0.3 is 6.18 Å². The molecule has 0 spiro atoms. The first kappa shape index (κ1) is 16.1. The van der Waals surface area contributed by atoms with Crippen LogP contribution in [0.2, 0.25) is 0 Å². The van der Waals surface area contributed by atoms with Crippen LogP contribution in [0.15, 0.2) is 42.5 Å². The second-order valence-electron chi connectivity index (χ2n) is 5.23. The molecule has 5 heteroatoms. The lowest BCUT2D eigenvalue weighted by atomic mass is 10.0. The largest absolute Gasteiger partial charge is 0.416 e. The molecule has 1 amide bonds. The van der Waals surface area contributed by atoms with Crippen LogP contribution in [0.25, 0.3) is 0 Å². The fourth-order valence-corrected chi connectivity index (χ4v) is 2.20. The van der Waals surface area contributed by atoms with Gasteiger partial charge in [-0.3, -0.25) is 4.79 Å². The van der Waals surface area contributed by atoms with E-state index in [2.05, 4.69) is 5.32 Å². The molecule has 0 saturated heterocycles. The zero-order valence-electron chi connectivity index (χ0n) is 12.3. The van der Waals surface area contributed by atoms with Gasteiger partial charge in [0.2, 0.25) is 5.91 Å². The summed E-state index contributed by atoms with van der Waals surface area (Å²) in [6.45, 7) is 3.86. The van der Waals surface area contributed by atoms with Gasteiger partial charge in [-0.2, -0.15) is 13.2 Å². The Morgan fingerprint density at radius 3 is 2.45 bits per heavy atom. The van der Waals surface area contributed by atoms with E-state index in [1.807, 2.05) is 32.0 Å². The van der Waals surface area contributed by atoms with Gasteiger partial charge in [0.15, 0.2) is 0 Å². The zero-order chi connectivity index (χ0) is 16.3. The van der Waals surface area contributed by atoms with Crippen molar-refractivity contribution in [3.8, 4) is 0 Å². The van der Waals surface area contributed by atoms with Crippen molar-refractivity contribution in [2.75, 3.05) is 5.32 Å². The van der Waals surface area contributed by atoms with E-state index < -0.39 is 11.7 Å². The van der Waals surface area contributed by atoms with Crippen LogP contribution in [-0.4, -0.2) is 5.91 Å². The molecule has 2 aromatic rings. The Bertz CT molecular complexity index is 693. The molecule has 0 aliphatic heterocycles. The van der Waals surface area contributed by atoms with Crippen molar-refractivity contribution >= 4 is 11.6 Å². The van der Waals surface area contributed by atoms with Crippen LogP contribution in [-0.2, 0) is 17.4 Å². The van der Waals surface area contributed by atoms with Crippen LogP contribution < -0.4 is 5.32 Å². The number of benzene rings is 2. The molecule has 116 valence electrons. The fraction of sp³-hybridized carbons (Fsp3) is 0.235. The van der Waals surface area contributed by atoms with Gasteiger partial charge in [0.05, 0.1) is 12.0 Å². The highest BCUT2D eigenvalue weighted by atomic mass is 19.4. The van der Waals surface area contributed by atoms with E-state index in [4.69, 9.17) is 0 Å². The first-order valence-corrected chi connectivity index (χ1v) is 6.79. The van der Waals surface area contributed by atoms with Gasteiger partial charge in [-0.1, -0.05) is 29.8 Å². The zero-order valence-corrected chi connectivity index (χ0v) is 12.3. The van der Waals surface area contributed by atoms with E-state index in [0.29, 0.717) is 0 Å². The fourth-order valence-electron chi connectivity index (χ4n) is 2.20. The SMILES string of the molecule is Cc1ccc(CC(=O)Nc2cccc(C(F)(F)F)c2)c(C)c1. The number of anilines is 1. The van der Waals surface area contributed by atoms with E-state index >= 15 is 0 Å². The topological polar surface area (TPSA) is 29.1 Å². The molecule has 0 atom stereocenters. The number of carbonyl (C=O) groups excluding carboxylic acids is 1. The molecule has 0 bridgehead atoms. The lowest BCUT2D eigenvalue weighted by Crippen LogP contribution is -2.15. The van der Waals surface area contributed by atoms with E-state index in [-0.39, 0.29) is 18.0 Å². The Labute approximate surface area is 127 Å². The summed E-state index contributed by atoms with van der Waals surface area (Å²) in [5.41, 5.74) is 2.30. The maximum Gasteiger partial charge on any atom is 0.416 e. The maximum absolute atomic E-state index is 12.6. The van der Waals surface area contributed by atoms with Gasteiger partial charge in [0.1, 0.15) is 0 Å². The summed E-state index contributed by atoms with van der Waals surface area (Å²) in [7, 11) is 0. The predicted molar refractivity (Wildman–Crippen MR) is 79.7 cm³/mol. The summed E-state index contributed by atoms with van der Waals surface area (Å²) in [5, 5.41) is 2.51. The molecule has 0 fully saturated rings. The number of hydrogen-bond donors (Lipinski definition) is 1. The molecule has 0 aliphatic rings. The summed E-state index contributed by atoms with van der Waals surface area (Å²) in [6, 6.07) is 10.3. The number of aryl methyl sites for hydroxylation is 2. The summed E-state index contributed by atoms with van der Waals surface area (Å²) >= 11 is 0. The monoisotopic (exact) mass is 307 g/mol. The summed E-state index contributed by atoms with van der Waals surface area (Å²) in [6.07, 6.45) is -4.29. The Balaban J connectivity index is 2.09. The van der Waals surface area contributed by atoms with Crippen LogP contribution in [0.5, 0.6) is 0 Å². The summed E-state index contributed by atoms with van der Waals surface area (Å²) < 4.78 is 37.9. The number of halogens is 3. The number of amides is 1. The molecule has 2 aromatic carbocycles. The molecular formula is C17H16F3NO. The average Bonchev–Trinajstić information content (AvgIpc) is 2.41. The van der Waals surface area contributed by atoms with Gasteiger partial charge in [0, 0.05) is 5.69 Å². The minimum Gasteiger partial charge on any atom is -0.326 e. The normalized spacial score (nSPS) is 11.3. The highest BCUT2D eigenvalue weighted by Gasteiger charge is 2.30. The molecule has 0 saturated carbocycles. The Morgan fingerprint density at radius 1 is 1.09 bits per heavy atom. The second kappa shape index (κ2) is 6.22. The van der Waals surface area contributed by atoms with E-state index in [1.54, 1.807) is 0 Å². The van der Waals surface area contributed by atoms with Crippen molar-refractivity contribution < 1.29 is 18.0 Å². The first-order chi connectivity index (χ1) is 10.3. The van der Waals surface area contributed by atoms with Crippen molar-refractivity contribution in [1.82, 2.24) is 0 Å². The van der Waals surface area contributed by atoms with Crippen molar-refractivity contribution in [1.29, 1.82) is 0 Å². The molecule has 1 N–H and O–H groups in total. The highest BCUT2D eigenvalue weighted by Crippen LogP contribution is 2.30. The smallest absolute Gasteiger partial charge is 0.326 e. The van der Waals surface area contributed by atoms with Crippen LogP contribution in [0, 0.1) is 13.8 Å². The van der Waals surface area contributed by atoms with Gasteiger partial charge < -0.3 is 5.32 Å².